The summed E-state index contributed by atoms with van der Waals surface area (Å²) in [5.74, 6) is 0. The van der Waals surface area contributed by atoms with Crippen molar-refractivity contribution in [1.82, 2.24) is 5.43 Å². The van der Waals surface area contributed by atoms with E-state index in [4.69, 9.17) is 12.2 Å². The third kappa shape index (κ3) is 4.75. The molecule has 0 saturated heterocycles. The molecule has 3 rings (SSSR count). The van der Waals surface area contributed by atoms with Crippen molar-refractivity contribution < 1.29 is 5.11 Å². The third-order valence-electron chi connectivity index (χ3n) is 3.75. The van der Waals surface area contributed by atoms with Crippen molar-refractivity contribution in [1.29, 1.82) is 0 Å². The minimum absolute atomic E-state index is 0.352. The number of aliphatic hydroxyl groups is 1. The van der Waals surface area contributed by atoms with Gasteiger partial charge in [0.15, 0.2) is 5.11 Å². The lowest BCUT2D eigenvalue weighted by Gasteiger charge is -2.15. The maximum absolute atomic E-state index is 10.8. The zero-order valence-electron chi connectivity index (χ0n) is 14.0. The van der Waals surface area contributed by atoms with E-state index in [2.05, 4.69) is 15.8 Å². The second kappa shape index (κ2) is 8.89. The molecule has 3 aromatic carbocycles. The van der Waals surface area contributed by atoms with Gasteiger partial charge >= 0.3 is 0 Å². The molecule has 0 amide bonds. The Morgan fingerprint density at radius 3 is 1.96 bits per heavy atom. The molecular weight excluding hydrogens is 342 g/mol. The number of hydrogen-bond acceptors (Lipinski definition) is 3. The fourth-order valence-electron chi connectivity index (χ4n) is 2.48. The largest absolute Gasteiger partial charge is 0.382 e. The van der Waals surface area contributed by atoms with Crippen LogP contribution in [0.4, 0.5) is 5.69 Å². The molecule has 5 heteroatoms. The number of hydrogen-bond donors (Lipinski definition) is 3. The molecular formula is C21H19N3OS. The van der Waals surface area contributed by atoms with Gasteiger partial charge in [0, 0.05) is 11.3 Å². The van der Waals surface area contributed by atoms with Gasteiger partial charge in [0.25, 0.3) is 0 Å². The molecule has 0 fully saturated rings. The number of nitrogens with zero attached hydrogens (tertiary/aromatic N) is 1. The van der Waals surface area contributed by atoms with Crippen molar-refractivity contribution in [2.24, 2.45) is 5.10 Å². The molecule has 0 heterocycles. The molecule has 3 N–H and O–H groups in total. The SMILES string of the molecule is OC(C(=NNC(=S)Nc1ccccc1)c1ccccc1)c1ccccc1. The number of para-hydroxylation sites is 1. The van der Waals surface area contributed by atoms with E-state index >= 15 is 0 Å². The third-order valence-corrected chi connectivity index (χ3v) is 3.95. The van der Waals surface area contributed by atoms with Gasteiger partial charge in [0.05, 0.1) is 0 Å². The van der Waals surface area contributed by atoms with Crippen LogP contribution in [0.25, 0.3) is 0 Å². The number of aliphatic hydroxyl groups excluding tert-OH is 1. The van der Waals surface area contributed by atoms with E-state index in [1.165, 1.54) is 0 Å². The van der Waals surface area contributed by atoms with Crippen LogP contribution in [0.1, 0.15) is 17.2 Å². The molecule has 0 radical (unpaired) electrons. The molecule has 0 aliphatic carbocycles. The Bertz CT molecular complexity index is 868. The fraction of sp³-hybridized carbons (Fsp3) is 0.0476. The fourth-order valence-corrected chi connectivity index (χ4v) is 2.64. The molecule has 130 valence electrons. The van der Waals surface area contributed by atoms with Gasteiger partial charge in [0.1, 0.15) is 11.8 Å². The molecule has 4 nitrogen and oxygen atoms in total. The molecule has 3 aromatic rings. The van der Waals surface area contributed by atoms with E-state index in [-0.39, 0.29) is 0 Å². The van der Waals surface area contributed by atoms with Crippen LogP contribution in [0.3, 0.4) is 0 Å². The summed E-state index contributed by atoms with van der Waals surface area (Å²) in [5, 5.41) is 18.6. The van der Waals surface area contributed by atoms with Crippen molar-refractivity contribution >= 4 is 28.7 Å². The maximum atomic E-state index is 10.8. The number of benzene rings is 3. The lowest BCUT2D eigenvalue weighted by Crippen LogP contribution is -2.27. The summed E-state index contributed by atoms with van der Waals surface area (Å²) in [5.41, 5.74) is 5.77. The minimum atomic E-state index is -0.870. The summed E-state index contributed by atoms with van der Waals surface area (Å²) in [6.07, 6.45) is -0.870. The summed E-state index contributed by atoms with van der Waals surface area (Å²) in [6.45, 7) is 0. The molecule has 0 aromatic heterocycles. The highest BCUT2D eigenvalue weighted by Gasteiger charge is 2.17. The predicted octanol–water partition coefficient (Wildman–Crippen LogP) is 4.11. The molecule has 0 saturated carbocycles. The highest BCUT2D eigenvalue weighted by Crippen LogP contribution is 2.19. The van der Waals surface area contributed by atoms with Gasteiger partial charge < -0.3 is 10.4 Å². The highest BCUT2D eigenvalue weighted by molar-refractivity contribution is 7.80. The zero-order valence-corrected chi connectivity index (χ0v) is 14.9. The Balaban J connectivity index is 1.81. The first-order valence-electron chi connectivity index (χ1n) is 8.22. The van der Waals surface area contributed by atoms with E-state index in [0.29, 0.717) is 10.8 Å². The lowest BCUT2D eigenvalue weighted by molar-refractivity contribution is 0.247. The lowest BCUT2D eigenvalue weighted by atomic mass is 9.99. The minimum Gasteiger partial charge on any atom is -0.382 e. The molecule has 26 heavy (non-hydrogen) atoms. The smallest absolute Gasteiger partial charge is 0.191 e. The van der Waals surface area contributed by atoms with Crippen molar-refractivity contribution in [3.8, 4) is 0 Å². The summed E-state index contributed by atoms with van der Waals surface area (Å²) in [6, 6.07) is 28.5. The quantitative estimate of drug-likeness (QED) is 0.364. The second-order valence-electron chi connectivity index (χ2n) is 5.61. The predicted molar refractivity (Wildman–Crippen MR) is 110 cm³/mol. The Labute approximate surface area is 158 Å². The average Bonchev–Trinajstić information content (AvgIpc) is 2.70. The van der Waals surface area contributed by atoms with Crippen LogP contribution in [0.2, 0.25) is 0 Å². The van der Waals surface area contributed by atoms with Gasteiger partial charge in [0.2, 0.25) is 0 Å². The standard InChI is InChI=1S/C21H19N3OS/c25-20(17-12-6-2-7-13-17)19(16-10-4-1-5-11-16)23-24-21(26)22-18-14-8-3-9-15-18/h1-15,20,25H,(H2,22,24,26). The molecule has 0 aliphatic heterocycles. The first-order chi connectivity index (χ1) is 12.7. The molecule has 0 spiro atoms. The topological polar surface area (TPSA) is 56.7 Å². The van der Waals surface area contributed by atoms with Crippen LogP contribution in [0, 0.1) is 0 Å². The van der Waals surface area contributed by atoms with Gasteiger partial charge in [-0.15, -0.1) is 0 Å². The average molecular weight is 361 g/mol. The van der Waals surface area contributed by atoms with Crippen LogP contribution in [0.5, 0.6) is 0 Å². The van der Waals surface area contributed by atoms with E-state index in [9.17, 15) is 5.11 Å². The van der Waals surface area contributed by atoms with E-state index in [0.717, 1.165) is 16.8 Å². The van der Waals surface area contributed by atoms with E-state index in [1.807, 2.05) is 91.0 Å². The zero-order chi connectivity index (χ0) is 18.2. The van der Waals surface area contributed by atoms with Crippen LogP contribution in [0.15, 0.2) is 96.1 Å². The Kier molecular flexibility index (Phi) is 6.09. The Morgan fingerprint density at radius 2 is 1.35 bits per heavy atom. The van der Waals surface area contributed by atoms with Crippen molar-refractivity contribution in [3.05, 3.63) is 102 Å². The number of rotatable bonds is 5. The number of anilines is 1. The summed E-state index contributed by atoms with van der Waals surface area (Å²) < 4.78 is 0. The number of thiocarbonyl (C=S) groups is 1. The van der Waals surface area contributed by atoms with Crippen molar-refractivity contribution in [3.63, 3.8) is 0 Å². The Hall–Kier alpha value is -3.02. The first kappa shape index (κ1) is 17.8. The molecule has 0 bridgehead atoms. The van der Waals surface area contributed by atoms with Gasteiger partial charge in [-0.05, 0) is 29.9 Å². The van der Waals surface area contributed by atoms with Gasteiger partial charge in [-0.2, -0.15) is 5.10 Å². The summed E-state index contributed by atoms with van der Waals surface area (Å²) in [4.78, 5) is 0. The van der Waals surface area contributed by atoms with Crippen molar-refractivity contribution in [2.45, 2.75) is 6.10 Å². The normalized spacial score (nSPS) is 12.3. The highest BCUT2D eigenvalue weighted by atomic mass is 32.1. The van der Waals surface area contributed by atoms with Crippen LogP contribution in [-0.2, 0) is 0 Å². The van der Waals surface area contributed by atoms with Gasteiger partial charge in [-0.3, -0.25) is 5.43 Å². The van der Waals surface area contributed by atoms with Crippen LogP contribution >= 0.6 is 12.2 Å². The van der Waals surface area contributed by atoms with Gasteiger partial charge in [-0.25, -0.2) is 0 Å². The van der Waals surface area contributed by atoms with Crippen LogP contribution < -0.4 is 10.7 Å². The summed E-state index contributed by atoms with van der Waals surface area (Å²) in [7, 11) is 0. The molecule has 1 atom stereocenters. The van der Waals surface area contributed by atoms with Crippen molar-refractivity contribution in [2.75, 3.05) is 5.32 Å². The van der Waals surface area contributed by atoms with Crippen LogP contribution in [-0.4, -0.2) is 15.9 Å². The first-order valence-corrected chi connectivity index (χ1v) is 8.63. The van der Waals surface area contributed by atoms with E-state index < -0.39 is 6.10 Å². The monoisotopic (exact) mass is 361 g/mol. The van der Waals surface area contributed by atoms with Gasteiger partial charge in [-0.1, -0.05) is 78.9 Å². The summed E-state index contributed by atoms with van der Waals surface area (Å²) >= 11 is 5.30. The maximum Gasteiger partial charge on any atom is 0.191 e. The number of nitrogens with one attached hydrogen (secondary N) is 2. The van der Waals surface area contributed by atoms with E-state index in [1.54, 1.807) is 0 Å². The second-order valence-corrected chi connectivity index (χ2v) is 6.02. The molecule has 1 unspecified atom stereocenters. The molecule has 0 aliphatic rings. The Morgan fingerprint density at radius 1 is 0.808 bits per heavy atom. The number of hydrazone groups is 1.